The molecular weight excluding hydrogens is 446 g/mol. The molecule has 2 N–H and O–H groups in total. The molecule has 1 aliphatic carbocycles. The number of hydrogen-bond donors (Lipinski definition) is 2. The van der Waals surface area contributed by atoms with Crippen LogP contribution in [-0.4, -0.2) is 53.4 Å². The van der Waals surface area contributed by atoms with Crippen molar-refractivity contribution in [3.8, 4) is 0 Å². The van der Waals surface area contributed by atoms with Gasteiger partial charge in [0.05, 0.1) is 11.7 Å². The zero-order valence-electron chi connectivity index (χ0n) is 17.9. The zero-order chi connectivity index (χ0) is 22.3. The molecule has 0 radical (unpaired) electrons. The molecule has 170 valence electrons. The Bertz CT molecular complexity index is 921. The molecule has 0 spiro atoms. The van der Waals surface area contributed by atoms with E-state index in [4.69, 9.17) is 11.6 Å². The summed E-state index contributed by atoms with van der Waals surface area (Å²) in [6.07, 6.45) is 4.86. The van der Waals surface area contributed by atoms with Gasteiger partial charge in [0.1, 0.15) is 5.03 Å². The smallest absolute Gasteiger partial charge is 0.230 e. The lowest BCUT2D eigenvalue weighted by Crippen LogP contribution is -2.44. The highest BCUT2D eigenvalue weighted by Crippen LogP contribution is 2.25. The van der Waals surface area contributed by atoms with Gasteiger partial charge in [-0.3, -0.25) is 9.59 Å². The van der Waals surface area contributed by atoms with Crippen molar-refractivity contribution < 1.29 is 9.59 Å². The monoisotopic (exact) mass is 473 g/mol. The molecule has 2 aromatic rings. The molecule has 2 amide bonds. The lowest BCUT2D eigenvalue weighted by Gasteiger charge is -2.32. The number of thioether (sulfide) groups is 1. The number of benzene rings is 1. The summed E-state index contributed by atoms with van der Waals surface area (Å²) in [5, 5.41) is 16.1. The Balaban J connectivity index is 1.19. The van der Waals surface area contributed by atoms with Crippen molar-refractivity contribution in [3.05, 3.63) is 47.0 Å². The molecule has 7 nitrogen and oxygen atoms in total. The van der Waals surface area contributed by atoms with E-state index in [0.717, 1.165) is 50.0 Å². The maximum absolute atomic E-state index is 12.4. The average Bonchev–Trinajstić information content (AvgIpc) is 3.63. The van der Waals surface area contributed by atoms with E-state index in [0.29, 0.717) is 34.9 Å². The van der Waals surface area contributed by atoms with E-state index in [9.17, 15) is 9.59 Å². The van der Waals surface area contributed by atoms with Gasteiger partial charge in [0.15, 0.2) is 5.82 Å². The first-order valence-electron chi connectivity index (χ1n) is 11.1. The van der Waals surface area contributed by atoms with Crippen LogP contribution in [0.4, 0.5) is 5.82 Å². The lowest BCUT2D eigenvalue weighted by atomic mass is 9.97. The summed E-state index contributed by atoms with van der Waals surface area (Å²) in [4.78, 5) is 26.6. The predicted octanol–water partition coefficient (Wildman–Crippen LogP) is 3.08. The number of amides is 2. The second kappa shape index (κ2) is 11.0. The first kappa shape index (κ1) is 22.9. The second-order valence-corrected chi connectivity index (χ2v) is 9.74. The van der Waals surface area contributed by atoms with E-state index >= 15 is 0 Å². The van der Waals surface area contributed by atoms with Gasteiger partial charge >= 0.3 is 0 Å². The molecule has 4 rings (SSSR count). The molecule has 1 atom stereocenters. The number of hydrogen-bond acceptors (Lipinski definition) is 6. The van der Waals surface area contributed by atoms with Crippen molar-refractivity contribution in [1.82, 2.24) is 20.8 Å². The number of piperidine rings is 1. The highest BCUT2D eigenvalue weighted by atomic mass is 35.5. The van der Waals surface area contributed by atoms with Crippen molar-refractivity contribution in [2.45, 2.75) is 43.2 Å². The van der Waals surface area contributed by atoms with Gasteiger partial charge in [-0.15, -0.1) is 10.2 Å². The van der Waals surface area contributed by atoms with Crippen LogP contribution in [0.2, 0.25) is 5.02 Å². The molecule has 1 saturated heterocycles. The van der Waals surface area contributed by atoms with Crippen LogP contribution in [-0.2, 0) is 16.0 Å². The fourth-order valence-electron chi connectivity index (χ4n) is 3.69. The largest absolute Gasteiger partial charge is 0.355 e. The van der Waals surface area contributed by atoms with Crippen molar-refractivity contribution in [2.24, 2.45) is 5.92 Å². The van der Waals surface area contributed by atoms with Gasteiger partial charge < -0.3 is 15.5 Å². The highest BCUT2D eigenvalue weighted by Gasteiger charge is 2.30. The van der Waals surface area contributed by atoms with Crippen LogP contribution < -0.4 is 15.5 Å². The molecule has 32 heavy (non-hydrogen) atoms. The van der Waals surface area contributed by atoms with E-state index < -0.39 is 0 Å². The Morgan fingerprint density at radius 3 is 2.62 bits per heavy atom. The molecule has 2 fully saturated rings. The Morgan fingerprint density at radius 1 is 1.09 bits per heavy atom. The van der Waals surface area contributed by atoms with E-state index in [1.54, 1.807) is 0 Å². The maximum atomic E-state index is 12.4. The summed E-state index contributed by atoms with van der Waals surface area (Å²) in [6.45, 7) is 2.14. The highest BCUT2D eigenvalue weighted by molar-refractivity contribution is 7.99. The molecule has 2 heterocycles. The summed E-state index contributed by atoms with van der Waals surface area (Å²) in [6, 6.07) is 11.8. The molecule has 1 saturated carbocycles. The molecule has 2 aliphatic rings. The zero-order valence-corrected chi connectivity index (χ0v) is 19.5. The number of nitrogens with zero attached hydrogens (tertiary/aromatic N) is 3. The summed E-state index contributed by atoms with van der Waals surface area (Å²) >= 11 is 7.25. The lowest BCUT2D eigenvalue weighted by molar-refractivity contribution is -0.125. The quantitative estimate of drug-likeness (QED) is 0.544. The number of carbonyl (C=O) groups excluding carboxylic acids is 2. The third-order valence-electron chi connectivity index (χ3n) is 5.67. The first-order valence-corrected chi connectivity index (χ1v) is 12.5. The summed E-state index contributed by atoms with van der Waals surface area (Å²) in [5.41, 5.74) is 1.13. The Hall–Kier alpha value is -2.32. The molecule has 1 unspecified atom stereocenters. The number of nitrogens with one attached hydrogen (secondary N) is 2. The van der Waals surface area contributed by atoms with Crippen molar-refractivity contribution >= 4 is 41.0 Å². The van der Waals surface area contributed by atoms with Gasteiger partial charge in [-0.2, -0.15) is 0 Å². The van der Waals surface area contributed by atoms with E-state index in [1.807, 2.05) is 36.4 Å². The van der Waals surface area contributed by atoms with Crippen molar-refractivity contribution in [3.63, 3.8) is 0 Å². The van der Waals surface area contributed by atoms with E-state index in [1.165, 1.54) is 11.8 Å². The minimum absolute atomic E-state index is 0.0109. The minimum Gasteiger partial charge on any atom is -0.355 e. The topological polar surface area (TPSA) is 87.2 Å². The van der Waals surface area contributed by atoms with Crippen LogP contribution in [0.3, 0.4) is 0 Å². The average molecular weight is 474 g/mol. The normalized spacial score (nSPS) is 18.3. The Labute approximate surface area is 197 Å². The van der Waals surface area contributed by atoms with Gasteiger partial charge in [-0.1, -0.05) is 35.5 Å². The van der Waals surface area contributed by atoms with Crippen LogP contribution in [0.15, 0.2) is 41.4 Å². The predicted molar refractivity (Wildman–Crippen MR) is 127 cm³/mol. The number of rotatable bonds is 9. The third-order valence-corrected chi connectivity index (χ3v) is 6.84. The van der Waals surface area contributed by atoms with Crippen molar-refractivity contribution in [1.29, 1.82) is 0 Å². The molecule has 0 bridgehead atoms. The van der Waals surface area contributed by atoms with Gasteiger partial charge in [0, 0.05) is 30.7 Å². The Morgan fingerprint density at radius 2 is 1.91 bits per heavy atom. The maximum Gasteiger partial charge on any atom is 0.230 e. The summed E-state index contributed by atoms with van der Waals surface area (Å²) in [5.74, 6) is 1.22. The van der Waals surface area contributed by atoms with Crippen molar-refractivity contribution in [2.75, 3.05) is 30.3 Å². The minimum atomic E-state index is -0.0320. The van der Waals surface area contributed by atoms with Gasteiger partial charge in [-0.05, 0) is 61.9 Å². The van der Waals surface area contributed by atoms with Crippen LogP contribution in [0.1, 0.15) is 31.2 Å². The number of halogens is 1. The van der Waals surface area contributed by atoms with E-state index in [2.05, 4.69) is 25.7 Å². The van der Waals surface area contributed by atoms with Gasteiger partial charge in [-0.25, -0.2) is 0 Å². The third kappa shape index (κ3) is 6.84. The fourth-order valence-corrected chi connectivity index (χ4v) is 4.46. The van der Waals surface area contributed by atoms with E-state index in [-0.39, 0.29) is 17.7 Å². The SMILES string of the molecule is O=C(CSc1ccc(N2CCCC(C(=O)NC3CC3)C2)nn1)NCCc1ccc(Cl)cc1. The molecule has 1 aromatic carbocycles. The van der Waals surface area contributed by atoms with Crippen LogP contribution in [0.25, 0.3) is 0 Å². The number of aromatic nitrogens is 2. The Kier molecular flexibility index (Phi) is 7.86. The number of anilines is 1. The molecular formula is C23H28ClN5O2S. The van der Waals surface area contributed by atoms with Crippen LogP contribution >= 0.6 is 23.4 Å². The molecule has 9 heteroatoms. The fraction of sp³-hybridized carbons (Fsp3) is 0.478. The summed E-state index contributed by atoms with van der Waals surface area (Å²) < 4.78 is 0. The van der Waals surface area contributed by atoms with Gasteiger partial charge in [0.25, 0.3) is 0 Å². The second-order valence-electron chi connectivity index (χ2n) is 8.31. The van der Waals surface area contributed by atoms with Crippen LogP contribution in [0.5, 0.6) is 0 Å². The summed E-state index contributed by atoms with van der Waals surface area (Å²) in [7, 11) is 0. The standard InChI is InChI=1S/C23H28ClN5O2S/c24-18-5-3-16(4-6-18)11-12-25-21(30)15-32-22-10-9-20(27-28-22)29-13-1-2-17(14-29)23(31)26-19-7-8-19/h3-6,9-10,17,19H,1-2,7-8,11-15H2,(H,25,30)(H,26,31). The molecule has 1 aliphatic heterocycles. The van der Waals surface area contributed by atoms with Crippen LogP contribution in [0, 0.1) is 5.92 Å². The molecule has 1 aromatic heterocycles. The van der Waals surface area contributed by atoms with Gasteiger partial charge in [0.2, 0.25) is 11.8 Å². The number of carbonyl (C=O) groups is 2. The first-order chi connectivity index (χ1) is 15.6.